The molecule has 0 radical (unpaired) electrons. The van der Waals surface area contributed by atoms with Crippen LogP contribution in [-0.2, 0) is 0 Å². The van der Waals surface area contributed by atoms with E-state index in [2.05, 4.69) is 25.9 Å². The number of benzene rings is 1. The molecule has 32 heavy (non-hydrogen) atoms. The van der Waals surface area contributed by atoms with Crippen molar-refractivity contribution in [3.63, 3.8) is 0 Å². The van der Waals surface area contributed by atoms with Gasteiger partial charge in [-0.1, -0.05) is 50.1 Å². The van der Waals surface area contributed by atoms with Crippen LogP contribution in [0.5, 0.6) is 5.75 Å². The molecule has 4 saturated carbocycles. The number of phenols is 1. The molecule has 1 unspecified atom stereocenters. The van der Waals surface area contributed by atoms with Gasteiger partial charge in [-0.05, 0) is 62.1 Å². The van der Waals surface area contributed by atoms with Crippen LogP contribution in [-0.4, -0.2) is 32.1 Å². The number of halogens is 1. The highest BCUT2D eigenvalue weighted by molar-refractivity contribution is 6.32. The highest BCUT2D eigenvalue weighted by atomic mass is 35.5. The van der Waals surface area contributed by atoms with E-state index in [1.807, 2.05) is 0 Å². The molecular weight excluding hydrogens is 424 g/mol. The molecule has 1 heterocycles. The van der Waals surface area contributed by atoms with Crippen LogP contribution in [0.3, 0.4) is 0 Å². The number of hydrogen-bond acceptors (Lipinski definition) is 7. The summed E-state index contributed by atoms with van der Waals surface area (Å²) in [6.07, 6.45) is 13.9. The van der Waals surface area contributed by atoms with E-state index in [4.69, 9.17) is 16.6 Å². The molecule has 8 heteroatoms. The van der Waals surface area contributed by atoms with Crippen molar-refractivity contribution < 1.29 is 5.11 Å². The lowest BCUT2D eigenvalue weighted by Gasteiger charge is -2.42. The second-order valence-electron chi connectivity index (χ2n) is 9.70. The molecule has 0 spiro atoms. The molecule has 4 aliphatic carbocycles. The lowest BCUT2D eigenvalue weighted by atomic mass is 9.68. The average Bonchev–Trinajstić information content (AvgIpc) is 3.06. The van der Waals surface area contributed by atoms with Gasteiger partial charge in [0.05, 0.1) is 5.02 Å². The predicted molar refractivity (Wildman–Crippen MR) is 129 cm³/mol. The van der Waals surface area contributed by atoms with Crippen LogP contribution in [0, 0.1) is 11.8 Å². The van der Waals surface area contributed by atoms with Gasteiger partial charge in [0.1, 0.15) is 5.75 Å². The largest absolute Gasteiger partial charge is 0.506 e. The Kier molecular flexibility index (Phi) is 6.53. The van der Waals surface area contributed by atoms with Gasteiger partial charge in [0.2, 0.25) is 17.8 Å². The van der Waals surface area contributed by atoms with E-state index < -0.39 is 0 Å². The van der Waals surface area contributed by atoms with E-state index >= 15 is 0 Å². The summed E-state index contributed by atoms with van der Waals surface area (Å²) in [6.45, 7) is 0. The van der Waals surface area contributed by atoms with Gasteiger partial charge in [0.15, 0.2) is 0 Å². The van der Waals surface area contributed by atoms with Gasteiger partial charge in [-0.25, -0.2) is 0 Å². The fraction of sp³-hybridized carbons (Fsp3) is 0.625. The molecule has 4 aliphatic rings. The first-order valence-electron chi connectivity index (χ1n) is 12.2. The fourth-order valence-corrected chi connectivity index (χ4v) is 5.78. The molecule has 1 aromatic heterocycles. The average molecular weight is 457 g/mol. The van der Waals surface area contributed by atoms with E-state index in [1.54, 1.807) is 18.2 Å². The van der Waals surface area contributed by atoms with Crippen molar-refractivity contribution in [2.24, 2.45) is 11.8 Å². The van der Waals surface area contributed by atoms with Gasteiger partial charge in [-0.3, -0.25) is 0 Å². The maximum Gasteiger partial charge on any atom is 0.233 e. The maximum absolute atomic E-state index is 9.72. The van der Waals surface area contributed by atoms with Crippen molar-refractivity contribution in [2.75, 3.05) is 16.0 Å². The fourth-order valence-electron chi connectivity index (χ4n) is 5.60. The normalized spacial score (nSPS) is 25.8. The summed E-state index contributed by atoms with van der Waals surface area (Å²) < 4.78 is 0. The van der Waals surface area contributed by atoms with Crippen LogP contribution in [0.4, 0.5) is 23.5 Å². The van der Waals surface area contributed by atoms with Crippen molar-refractivity contribution in [3.8, 4) is 5.75 Å². The van der Waals surface area contributed by atoms with Crippen LogP contribution in [0.2, 0.25) is 5.02 Å². The number of nitrogens with zero attached hydrogens (tertiary/aromatic N) is 3. The summed E-state index contributed by atoms with van der Waals surface area (Å²) in [6, 6.07) is 5.83. The van der Waals surface area contributed by atoms with Crippen LogP contribution < -0.4 is 16.0 Å². The zero-order valence-corrected chi connectivity index (χ0v) is 19.2. The molecule has 172 valence electrons. The molecule has 4 fully saturated rings. The van der Waals surface area contributed by atoms with Crippen molar-refractivity contribution in [1.29, 1.82) is 0 Å². The summed E-state index contributed by atoms with van der Waals surface area (Å²) in [7, 11) is 0. The van der Waals surface area contributed by atoms with Crippen molar-refractivity contribution in [3.05, 3.63) is 23.2 Å². The molecule has 0 saturated heterocycles. The first kappa shape index (κ1) is 21.6. The minimum Gasteiger partial charge on any atom is -0.506 e. The Labute approximate surface area is 194 Å². The number of aromatic hydroxyl groups is 1. The van der Waals surface area contributed by atoms with Crippen molar-refractivity contribution in [2.45, 2.75) is 82.7 Å². The Hall–Kier alpha value is -2.28. The number of anilines is 4. The third-order valence-corrected chi connectivity index (χ3v) is 7.69. The smallest absolute Gasteiger partial charge is 0.233 e. The van der Waals surface area contributed by atoms with Crippen LogP contribution in [0.15, 0.2) is 18.2 Å². The SMILES string of the molecule is Oc1ccc(Nc2nc(NC3CCCCCC3)nc(NC3CC4CCC3CC4)n2)cc1Cl. The first-order valence-corrected chi connectivity index (χ1v) is 12.5. The Bertz CT molecular complexity index is 925. The monoisotopic (exact) mass is 456 g/mol. The van der Waals surface area contributed by atoms with Gasteiger partial charge < -0.3 is 21.1 Å². The Morgan fingerprint density at radius 2 is 1.50 bits per heavy atom. The molecule has 0 amide bonds. The van der Waals surface area contributed by atoms with E-state index in [0.717, 1.165) is 24.4 Å². The van der Waals surface area contributed by atoms with Crippen LogP contribution >= 0.6 is 11.6 Å². The lowest BCUT2D eigenvalue weighted by Crippen LogP contribution is -2.40. The quantitative estimate of drug-likeness (QED) is 0.308. The summed E-state index contributed by atoms with van der Waals surface area (Å²) >= 11 is 6.08. The van der Waals surface area contributed by atoms with E-state index in [-0.39, 0.29) is 10.8 Å². The molecule has 1 atom stereocenters. The summed E-state index contributed by atoms with van der Waals surface area (Å²) in [5.74, 6) is 3.31. The van der Waals surface area contributed by atoms with Crippen molar-refractivity contribution >= 4 is 35.1 Å². The highest BCUT2D eigenvalue weighted by Crippen LogP contribution is 2.42. The predicted octanol–water partition coefficient (Wildman–Crippen LogP) is 6.10. The lowest BCUT2D eigenvalue weighted by molar-refractivity contribution is 0.157. The first-order chi connectivity index (χ1) is 15.6. The Morgan fingerprint density at radius 3 is 2.16 bits per heavy atom. The highest BCUT2D eigenvalue weighted by Gasteiger charge is 2.36. The number of aromatic nitrogens is 3. The second-order valence-corrected chi connectivity index (χ2v) is 10.1. The number of rotatable bonds is 6. The zero-order chi connectivity index (χ0) is 21.9. The van der Waals surface area contributed by atoms with Crippen LogP contribution in [0.1, 0.15) is 70.6 Å². The Morgan fingerprint density at radius 1 is 0.812 bits per heavy atom. The van der Waals surface area contributed by atoms with E-state index in [0.29, 0.717) is 35.8 Å². The number of fused-ring (bicyclic) bond motifs is 3. The zero-order valence-electron chi connectivity index (χ0n) is 18.5. The Balaban J connectivity index is 1.37. The number of nitrogens with one attached hydrogen (secondary N) is 3. The summed E-state index contributed by atoms with van der Waals surface area (Å²) in [5.41, 5.74) is 0.724. The standard InChI is InChI=1S/C24H33ClN6O/c25-19-14-18(11-12-21(19)32)27-23-29-22(26-17-5-3-1-2-4-6-17)30-24(31-23)28-20-13-15-7-9-16(20)10-8-15/h11-12,14-17,20,32H,1-10,13H2,(H3,26,27,28,29,30,31). The number of phenolic OH excluding ortho intramolecular Hbond substituents is 1. The molecule has 0 aliphatic heterocycles. The van der Waals surface area contributed by atoms with E-state index in [9.17, 15) is 5.11 Å². The summed E-state index contributed by atoms with van der Waals surface area (Å²) in [5, 5.41) is 20.5. The van der Waals surface area contributed by atoms with Gasteiger partial charge in [-0.2, -0.15) is 15.0 Å². The molecule has 6 rings (SSSR count). The summed E-state index contributed by atoms with van der Waals surface area (Å²) in [4.78, 5) is 14.1. The second kappa shape index (κ2) is 9.69. The third kappa shape index (κ3) is 5.20. The number of hydrogen-bond donors (Lipinski definition) is 4. The minimum atomic E-state index is 0.0540. The minimum absolute atomic E-state index is 0.0540. The molecule has 2 bridgehead atoms. The van der Waals surface area contributed by atoms with Gasteiger partial charge in [0, 0.05) is 17.8 Å². The molecule has 7 nitrogen and oxygen atoms in total. The van der Waals surface area contributed by atoms with Gasteiger partial charge in [0.25, 0.3) is 0 Å². The molecular formula is C24H33ClN6O. The van der Waals surface area contributed by atoms with Gasteiger partial charge >= 0.3 is 0 Å². The topological polar surface area (TPSA) is 95.0 Å². The maximum atomic E-state index is 9.72. The van der Waals surface area contributed by atoms with Crippen LogP contribution in [0.25, 0.3) is 0 Å². The molecule has 1 aromatic carbocycles. The van der Waals surface area contributed by atoms with Gasteiger partial charge in [-0.15, -0.1) is 0 Å². The molecule has 2 aromatic rings. The third-order valence-electron chi connectivity index (χ3n) is 7.39. The van der Waals surface area contributed by atoms with Crippen molar-refractivity contribution in [1.82, 2.24) is 15.0 Å². The molecule has 4 N–H and O–H groups in total. The van der Waals surface area contributed by atoms with E-state index in [1.165, 1.54) is 57.8 Å².